The highest BCUT2D eigenvalue weighted by atomic mass is 35.5. The van der Waals surface area contributed by atoms with Crippen molar-refractivity contribution in [1.82, 2.24) is 15.5 Å². The molecule has 0 aliphatic carbocycles. The molecule has 4 nitrogen and oxygen atoms in total. The Bertz CT molecular complexity index is 517. The molecule has 0 spiro atoms. The average molecular weight is 264 g/mol. The fourth-order valence-electron chi connectivity index (χ4n) is 2.20. The number of benzene rings is 1. The van der Waals surface area contributed by atoms with E-state index < -0.39 is 0 Å². The van der Waals surface area contributed by atoms with Crippen LogP contribution in [0, 0.1) is 0 Å². The molecule has 0 radical (unpaired) electrons. The maximum Gasteiger partial charge on any atom is 0.228 e. The summed E-state index contributed by atoms with van der Waals surface area (Å²) in [5, 5.41) is 8.12. The van der Waals surface area contributed by atoms with E-state index in [-0.39, 0.29) is 0 Å². The number of hydrogen-bond donors (Lipinski definition) is 1. The zero-order chi connectivity index (χ0) is 12.4. The van der Waals surface area contributed by atoms with E-state index in [9.17, 15) is 0 Å². The molecule has 1 atom stereocenters. The average Bonchev–Trinajstić information content (AvgIpc) is 3.02. The minimum atomic E-state index is 0.475. The van der Waals surface area contributed by atoms with Crippen LogP contribution >= 0.6 is 11.6 Å². The van der Waals surface area contributed by atoms with Crippen molar-refractivity contribution in [3.63, 3.8) is 0 Å². The molecule has 5 heteroatoms. The molecule has 3 rings (SSSR count). The lowest BCUT2D eigenvalue weighted by Gasteiger charge is -2.04. The normalized spacial score (nSPS) is 19.3. The lowest BCUT2D eigenvalue weighted by molar-refractivity contribution is 0.364. The Morgan fingerprint density at radius 1 is 1.33 bits per heavy atom. The molecule has 2 heterocycles. The molecule has 1 unspecified atom stereocenters. The third-order valence-electron chi connectivity index (χ3n) is 3.15. The molecule has 1 aromatic carbocycles. The maximum absolute atomic E-state index is 5.85. The monoisotopic (exact) mass is 263 g/mol. The minimum Gasteiger partial charge on any atom is -0.339 e. The molecule has 2 aromatic rings. The predicted molar refractivity (Wildman–Crippen MR) is 69.5 cm³/mol. The van der Waals surface area contributed by atoms with Crippen LogP contribution in [-0.4, -0.2) is 22.7 Å². The quantitative estimate of drug-likeness (QED) is 0.925. The first-order chi connectivity index (χ1) is 8.81. The summed E-state index contributed by atoms with van der Waals surface area (Å²) in [6.07, 6.45) is 3.21. The SMILES string of the molecule is Clc1ccc(-c2noc(CC3CCCN3)n2)cc1. The predicted octanol–water partition coefficient (Wildman–Crippen LogP) is 2.68. The first-order valence-electron chi connectivity index (χ1n) is 6.13. The molecule has 0 amide bonds. The van der Waals surface area contributed by atoms with Crippen LogP contribution in [0.3, 0.4) is 0 Å². The Labute approximate surface area is 110 Å². The van der Waals surface area contributed by atoms with Crippen LogP contribution in [0.2, 0.25) is 5.02 Å². The Kier molecular flexibility index (Phi) is 3.30. The molecule has 18 heavy (non-hydrogen) atoms. The van der Waals surface area contributed by atoms with E-state index in [4.69, 9.17) is 16.1 Å². The van der Waals surface area contributed by atoms with Gasteiger partial charge >= 0.3 is 0 Å². The Morgan fingerprint density at radius 3 is 2.89 bits per heavy atom. The zero-order valence-electron chi connectivity index (χ0n) is 9.90. The van der Waals surface area contributed by atoms with Crippen LogP contribution in [0.1, 0.15) is 18.7 Å². The van der Waals surface area contributed by atoms with Gasteiger partial charge in [-0.2, -0.15) is 4.98 Å². The smallest absolute Gasteiger partial charge is 0.228 e. The van der Waals surface area contributed by atoms with Crippen LogP contribution in [-0.2, 0) is 6.42 Å². The second-order valence-electron chi connectivity index (χ2n) is 4.52. The molecule has 1 saturated heterocycles. The van der Waals surface area contributed by atoms with E-state index in [1.54, 1.807) is 0 Å². The molecule has 1 aliphatic rings. The van der Waals surface area contributed by atoms with Gasteiger partial charge in [0.05, 0.1) is 0 Å². The summed E-state index contributed by atoms with van der Waals surface area (Å²) < 4.78 is 5.28. The van der Waals surface area contributed by atoms with Gasteiger partial charge in [-0.25, -0.2) is 0 Å². The van der Waals surface area contributed by atoms with Gasteiger partial charge in [-0.3, -0.25) is 0 Å². The summed E-state index contributed by atoms with van der Waals surface area (Å²) in [6.45, 7) is 1.09. The third-order valence-corrected chi connectivity index (χ3v) is 3.41. The fraction of sp³-hybridized carbons (Fsp3) is 0.385. The van der Waals surface area contributed by atoms with Crippen molar-refractivity contribution in [2.75, 3.05) is 6.54 Å². The largest absolute Gasteiger partial charge is 0.339 e. The van der Waals surface area contributed by atoms with E-state index in [2.05, 4.69) is 15.5 Å². The standard InChI is InChI=1S/C13H14ClN3O/c14-10-5-3-9(4-6-10)13-16-12(18-17-13)8-11-2-1-7-15-11/h3-6,11,15H,1-2,7-8H2. The van der Waals surface area contributed by atoms with Gasteiger partial charge in [0, 0.05) is 23.0 Å². The lowest BCUT2D eigenvalue weighted by atomic mass is 10.1. The molecular formula is C13H14ClN3O. The van der Waals surface area contributed by atoms with Gasteiger partial charge in [0.1, 0.15) is 0 Å². The number of rotatable bonds is 3. The molecule has 1 fully saturated rings. The van der Waals surface area contributed by atoms with E-state index in [1.807, 2.05) is 24.3 Å². The summed E-state index contributed by atoms with van der Waals surface area (Å²) >= 11 is 5.85. The van der Waals surface area contributed by atoms with Crippen molar-refractivity contribution >= 4 is 11.6 Å². The molecule has 1 aromatic heterocycles. The molecule has 0 bridgehead atoms. The second kappa shape index (κ2) is 5.08. The summed E-state index contributed by atoms with van der Waals surface area (Å²) in [5.74, 6) is 1.32. The number of nitrogens with zero attached hydrogens (tertiary/aromatic N) is 2. The van der Waals surface area contributed by atoms with E-state index in [0.717, 1.165) is 18.5 Å². The molecular weight excluding hydrogens is 250 g/mol. The summed E-state index contributed by atoms with van der Waals surface area (Å²) in [7, 11) is 0. The van der Waals surface area contributed by atoms with Gasteiger partial charge in [-0.15, -0.1) is 0 Å². The van der Waals surface area contributed by atoms with Gasteiger partial charge < -0.3 is 9.84 Å². The molecule has 94 valence electrons. The fourth-order valence-corrected chi connectivity index (χ4v) is 2.32. The number of nitrogens with one attached hydrogen (secondary N) is 1. The number of aromatic nitrogens is 2. The Morgan fingerprint density at radius 2 is 2.17 bits per heavy atom. The van der Waals surface area contributed by atoms with Crippen molar-refractivity contribution in [3.8, 4) is 11.4 Å². The van der Waals surface area contributed by atoms with Crippen molar-refractivity contribution in [2.24, 2.45) is 0 Å². The van der Waals surface area contributed by atoms with Crippen LogP contribution in [0.25, 0.3) is 11.4 Å². The van der Waals surface area contributed by atoms with Gasteiger partial charge in [0.2, 0.25) is 11.7 Å². The van der Waals surface area contributed by atoms with Crippen molar-refractivity contribution < 1.29 is 4.52 Å². The van der Waals surface area contributed by atoms with Crippen LogP contribution in [0.5, 0.6) is 0 Å². The van der Waals surface area contributed by atoms with Gasteiger partial charge in [0.25, 0.3) is 0 Å². The van der Waals surface area contributed by atoms with E-state index in [1.165, 1.54) is 12.8 Å². The molecule has 1 aliphatic heterocycles. The van der Waals surface area contributed by atoms with E-state index in [0.29, 0.717) is 22.8 Å². The highest BCUT2D eigenvalue weighted by molar-refractivity contribution is 6.30. The van der Waals surface area contributed by atoms with Crippen LogP contribution in [0.4, 0.5) is 0 Å². The van der Waals surface area contributed by atoms with E-state index >= 15 is 0 Å². The lowest BCUT2D eigenvalue weighted by Crippen LogP contribution is -2.23. The summed E-state index contributed by atoms with van der Waals surface area (Å²) in [4.78, 5) is 4.41. The van der Waals surface area contributed by atoms with Crippen molar-refractivity contribution in [3.05, 3.63) is 35.2 Å². The third kappa shape index (κ3) is 2.54. The first-order valence-corrected chi connectivity index (χ1v) is 6.51. The van der Waals surface area contributed by atoms with Gasteiger partial charge in [0.15, 0.2) is 0 Å². The zero-order valence-corrected chi connectivity index (χ0v) is 10.7. The minimum absolute atomic E-state index is 0.475. The van der Waals surface area contributed by atoms with Crippen molar-refractivity contribution in [1.29, 1.82) is 0 Å². The Hall–Kier alpha value is -1.39. The number of halogens is 1. The number of hydrogen-bond acceptors (Lipinski definition) is 4. The summed E-state index contributed by atoms with van der Waals surface area (Å²) in [5.41, 5.74) is 0.925. The van der Waals surface area contributed by atoms with Crippen LogP contribution < -0.4 is 5.32 Å². The van der Waals surface area contributed by atoms with Crippen LogP contribution in [0.15, 0.2) is 28.8 Å². The Balaban J connectivity index is 1.74. The molecule has 1 N–H and O–H groups in total. The van der Waals surface area contributed by atoms with Gasteiger partial charge in [-0.1, -0.05) is 16.8 Å². The van der Waals surface area contributed by atoms with Gasteiger partial charge in [-0.05, 0) is 43.7 Å². The molecule has 0 saturated carbocycles. The first kappa shape index (κ1) is 11.7. The summed E-state index contributed by atoms with van der Waals surface area (Å²) in [6, 6.07) is 7.91. The van der Waals surface area contributed by atoms with Crippen molar-refractivity contribution in [2.45, 2.75) is 25.3 Å². The highest BCUT2D eigenvalue weighted by Gasteiger charge is 2.18. The highest BCUT2D eigenvalue weighted by Crippen LogP contribution is 2.19. The topological polar surface area (TPSA) is 51.0 Å². The maximum atomic E-state index is 5.85. The second-order valence-corrected chi connectivity index (χ2v) is 4.95.